The Morgan fingerprint density at radius 3 is 2.73 bits per heavy atom. The number of aliphatic hydroxyl groups is 1. The van der Waals surface area contributed by atoms with Gasteiger partial charge in [0, 0.05) is 18.4 Å². The number of likely N-dealkylation sites (tertiary alicyclic amines) is 1. The van der Waals surface area contributed by atoms with E-state index in [1.165, 1.54) is 11.1 Å². The first-order chi connectivity index (χ1) is 7.24. The molecule has 0 aromatic heterocycles. The second-order valence-electron chi connectivity index (χ2n) is 4.65. The molecule has 0 unspecified atom stereocenters. The van der Waals surface area contributed by atoms with Crippen LogP contribution in [0.2, 0.25) is 0 Å². The quantitative estimate of drug-likeness (QED) is 0.725. The van der Waals surface area contributed by atoms with E-state index in [0.717, 1.165) is 32.5 Å². The Hall–Kier alpha value is -0.860. The van der Waals surface area contributed by atoms with Gasteiger partial charge < -0.3 is 10.0 Å². The highest BCUT2D eigenvalue weighted by atomic mass is 16.3. The first-order valence-electron chi connectivity index (χ1n) is 5.81. The van der Waals surface area contributed by atoms with Crippen LogP contribution in [0.15, 0.2) is 24.3 Å². The zero-order valence-corrected chi connectivity index (χ0v) is 9.37. The third kappa shape index (κ3) is 3.05. The van der Waals surface area contributed by atoms with Crippen molar-refractivity contribution in [3.05, 3.63) is 35.4 Å². The molecule has 1 aromatic carbocycles. The van der Waals surface area contributed by atoms with Gasteiger partial charge in [0.25, 0.3) is 0 Å². The summed E-state index contributed by atoms with van der Waals surface area (Å²) in [5, 5.41) is 9.42. The standard InChI is InChI=1S/C13H19NO/c1-11-3-2-4-12(9-11)10-14-7-5-13(15)6-8-14/h2-4,9,13,15H,5-8,10H2,1H3/p+1. The Balaban J connectivity index is 1.92. The van der Waals surface area contributed by atoms with Gasteiger partial charge in [0.05, 0.1) is 19.2 Å². The number of benzene rings is 1. The molecule has 1 heterocycles. The molecule has 82 valence electrons. The lowest BCUT2D eigenvalue weighted by Crippen LogP contribution is -3.12. The van der Waals surface area contributed by atoms with Crippen LogP contribution in [0.3, 0.4) is 0 Å². The molecule has 15 heavy (non-hydrogen) atoms. The van der Waals surface area contributed by atoms with Crippen LogP contribution in [-0.2, 0) is 6.54 Å². The van der Waals surface area contributed by atoms with Gasteiger partial charge in [0.2, 0.25) is 0 Å². The van der Waals surface area contributed by atoms with E-state index < -0.39 is 0 Å². The lowest BCUT2D eigenvalue weighted by molar-refractivity contribution is -0.919. The second-order valence-corrected chi connectivity index (χ2v) is 4.65. The van der Waals surface area contributed by atoms with Gasteiger partial charge in [-0.3, -0.25) is 0 Å². The fraction of sp³-hybridized carbons (Fsp3) is 0.538. The van der Waals surface area contributed by atoms with Crippen molar-refractivity contribution in [2.45, 2.75) is 32.4 Å². The molecule has 1 aromatic rings. The summed E-state index contributed by atoms with van der Waals surface area (Å²) in [5.74, 6) is 0. The van der Waals surface area contributed by atoms with Crippen LogP contribution in [0.5, 0.6) is 0 Å². The minimum absolute atomic E-state index is 0.0498. The molecule has 0 radical (unpaired) electrons. The maximum atomic E-state index is 9.42. The molecule has 0 saturated carbocycles. The van der Waals surface area contributed by atoms with Crippen molar-refractivity contribution in [1.82, 2.24) is 0 Å². The summed E-state index contributed by atoms with van der Waals surface area (Å²) >= 11 is 0. The predicted octanol–water partition coefficient (Wildman–Crippen LogP) is 0.535. The molecule has 0 bridgehead atoms. The SMILES string of the molecule is Cc1cccc(C[NH+]2CCC(O)CC2)c1. The molecule has 2 heteroatoms. The van der Waals surface area contributed by atoms with Crippen molar-refractivity contribution >= 4 is 0 Å². The number of hydrogen-bond donors (Lipinski definition) is 2. The fourth-order valence-corrected chi connectivity index (χ4v) is 2.30. The second kappa shape index (κ2) is 4.77. The Morgan fingerprint density at radius 1 is 1.33 bits per heavy atom. The van der Waals surface area contributed by atoms with Gasteiger partial charge >= 0.3 is 0 Å². The van der Waals surface area contributed by atoms with Gasteiger partial charge in [-0.1, -0.05) is 29.8 Å². The number of aliphatic hydroxyl groups excluding tert-OH is 1. The fourth-order valence-electron chi connectivity index (χ4n) is 2.30. The van der Waals surface area contributed by atoms with E-state index in [1.807, 2.05) is 0 Å². The molecule has 0 atom stereocenters. The summed E-state index contributed by atoms with van der Waals surface area (Å²) in [4.78, 5) is 1.60. The maximum absolute atomic E-state index is 9.42. The van der Waals surface area contributed by atoms with Crippen LogP contribution >= 0.6 is 0 Å². The van der Waals surface area contributed by atoms with Crippen LogP contribution in [0.4, 0.5) is 0 Å². The molecular weight excluding hydrogens is 186 g/mol. The zero-order chi connectivity index (χ0) is 10.7. The van der Waals surface area contributed by atoms with E-state index in [1.54, 1.807) is 4.90 Å². The monoisotopic (exact) mass is 206 g/mol. The lowest BCUT2D eigenvalue weighted by Gasteiger charge is -2.26. The summed E-state index contributed by atoms with van der Waals surface area (Å²) in [7, 11) is 0. The highest BCUT2D eigenvalue weighted by Gasteiger charge is 2.19. The topological polar surface area (TPSA) is 24.7 Å². The molecule has 1 aliphatic rings. The molecule has 0 amide bonds. The van der Waals surface area contributed by atoms with Gasteiger partial charge in [0.1, 0.15) is 6.54 Å². The van der Waals surface area contributed by atoms with Crippen molar-refractivity contribution < 1.29 is 10.0 Å². The Labute approximate surface area is 91.5 Å². The molecule has 0 aliphatic carbocycles. The van der Waals surface area contributed by atoms with Crippen LogP contribution in [0.25, 0.3) is 0 Å². The Kier molecular flexibility index (Phi) is 3.39. The number of quaternary nitrogens is 1. The number of piperidine rings is 1. The number of nitrogens with one attached hydrogen (secondary N) is 1. The van der Waals surface area contributed by atoms with Gasteiger partial charge in [-0.15, -0.1) is 0 Å². The van der Waals surface area contributed by atoms with Crippen molar-refractivity contribution in [3.63, 3.8) is 0 Å². The summed E-state index contributed by atoms with van der Waals surface area (Å²) in [6, 6.07) is 8.73. The van der Waals surface area contributed by atoms with Gasteiger partial charge in [-0.25, -0.2) is 0 Å². The first-order valence-corrected chi connectivity index (χ1v) is 5.81. The van der Waals surface area contributed by atoms with Gasteiger partial charge in [-0.2, -0.15) is 0 Å². The number of rotatable bonds is 2. The van der Waals surface area contributed by atoms with Crippen LogP contribution in [0.1, 0.15) is 24.0 Å². The van der Waals surface area contributed by atoms with Gasteiger partial charge in [0.15, 0.2) is 0 Å². The van der Waals surface area contributed by atoms with E-state index in [4.69, 9.17) is 0 Å². The highest BCUT2D eigenvalue weighted by Crippen LogP contribution is 2.03. The molecule has 0 spiro atoms. The largest absolute Gasteiger partial charge is 0.393 e. The first kappa shape index (κ1) is 10.7. The molecule has 1 aliphatic heterocycles. The van der Waals surface area contributed by atoms with Crippen LogP contribution < -0.4 is 4.90 Å². The highest BCUT2D eigenvalue weighted by molar-refractivity contribution is 5.21. The summed E-state index contributed by atoms with van der Waals surface area (Å²) in [6.07, 6.45) is 1.87. The van der Waals surface area contributed by atoms with Crippen molar-refractivity contribution in [3.8, 4) is 0 Å². The molecule has 1 saturated heterocycles. The predicted molar refractivity (Wildman–Crippen MR) is 60.8 cm³/mol. The van der Waals surface area contributed by atoms with E-state index in [2.05, 4.69) is 31.2 Å². The minimum Gasteiger partial charge on any atom is -0.393 e. The molecule has 2 N–H and O–H groups in total. The third-order valence-corrected chi connectivity index (χ3v) is 3.20. The number of aryl methyl sites for hydroxylation is 1. The normalized spacial score (nSPS) is 26.5. The van der Waals surface area contributed by atoms with E-state index in [0.29, 0.717) is 0 Å². The van der Waals surface area contributed by atoms with Crippen molar-refractivity contribution in [2.24, 2.45) is 0 Å². The average molecular weight is 206 g/mol. The molecular formula is C13H20NO+. The average Bonchev–Trinajstić information content (AvgIpc) is 2.22. The Morgan fingerprint density at radius 2 is 2.07 bits per heavy atom. The molecule has 2 rings (SSSR count). The van der Waals surface area contributed by atoms with E-state index in [-0.39, 0.29) is 6.10 Å². The summed E-state index contributed by atoms with van der Waals surface area (Å²) in [6.45, 7) is 5.46. The van der Waals surface area contributed by atoms with Crippen molar-refractivity contribution in [1.29, 1.82) is 0 Å². The van der Waals surface area contributed by atoms with Crippen LogP contribution in [-0.4, -0.2) is 24.3 Å². The third-order valence-electron chi connectivity index (χ3n) is 3.20. The van der Waals surface area contributed by atoms with Gasteiger partial charge in [-0.05, 0) is 6.92 Å². The smallest absolute Gasteiger partial charge is 0.103 e. The summed E-state index contributed by atoms with van der Waals surface area (Å²) < 4.78 is 0. The lowest BCUT2D eigenvalue weighted by atomic mass is 10.1. The van der Waals surface area contributed by atoms with Crippen LogP contribution in [0, 0.1) is 6.92 Å². The Bertz CT molecular complexity index is 316. The molecule has 1 fully saturated rings. The van der Waals surface area contributed by atoms with Crippen molar-refractivity contribution in [2.75, 3.05) is 13.1 Å². The maximum Gasteiger partial charge on any atom is 0.103 e. The minimum atomic E-state index is -0.0498. The van der Waals surface area contributed by atoms with E-state index >= 15 is 0 Å². The number of hydrogen-bond acceptors (Lipinski definition) is 1. The van der Waals surface area contributed by atoms with E-state index in [9.17, 15) is 5.11 Å². The molecule has 2 nitrogen and oxygen atoms in total. The summed E-state index contributed by atoms with van der Waals surface area (Å²) in [5.41, 5.74) is 2.75. The zero-order valence-electron chi connectivity index (χ0n) is 9.37.